The highest BCUT2D eigenvalue weighted by atomic mass is 79.9. The maximum atomic E-state index is 12.0. The molecule has 0 bridgehead atoms. The van der Waals surface area contributed by atoms with E-state index in [9.17, 15) is 9.59 Å². The Bertz CT molecular complexity index is 550. The minimum absolute atomic E-state index is 0.0241. The molecule has 1 aliphatic rings. The van der Waals surface area contributed by atoms with Gasteiger partial charge in [0.25, 0.3) is 0 Å². The van der Waals surface area contributed by atoms with Crippen molar-refractivity contribution in [1.82, 2.24) is 5.32 Å². The fourth-order valence-corrected chi connectivity index (χ4v) is 2.86. The summed E-state index contributed by atoms with van der Waals surface area (Å²) in [5.74, 6) is -1.06. The molecular formula is C14H18BrN3O3. The predicted octanol–water partition coefficient (Wildman–Crippen LogP) is 2.54. The van der Waals surface area contributed by atoms with Gasteiger partial charge in [-0.25, -0.2) is 9.59 Å². The zero-order chi connectivity index (χ0) is 15.4. The summed E-state index contributed by atoms with van der Waals surface area (Å²) in [5, 5.41) is 14.5. The van der Waals surface area contributed by atoms with Crippen molar-refractivity contribution < 1.29 is 14.7 Å². The molecule has 1 aromatic rings. The van der Waals surface area contributed by atoms with Crippen LogP contribution in [-0.2, 0) is 0 Å². The van der Waals surface area contributed by atoms with E-state index in [1.807, 2.05) is 0 Å². The molecule has 0 aliphatic heterocycles. The second kappa shape index (κ2) is 6.91. The minimum atomic E-state index is -1.06. The average molecular weight is 356 g/mol. The van der Waals surface area contributed by atoms with Gasteiger partial charge >= 0.3 is 12.0 Å². The molecule has 1 aromatic carbocycles. The van der Waals surface area contributed by atoms with Crippen LogP contribution in [0.5, 0.6) is 0 Å². The average Bonchev–Trinajstić information content (AvgIpc) is 2.43. The maximum absolute atomic E-state index is 12.0. The number of rotatable bonds is 3. The first-order valence-corrected chi connectivity index (χ1v) is 7.62. The number of carbonyl (C=O) groups is 2. The Labute approximate surface area is 131 Å². The third kappa shape index (κ3) is 4.18. The van der Waals surface area contributed by atoms with Crippen LogP contribution in [0.2, 0.25) is 0 Å². The van der Waals surface area contributed by atoms with Crippen molar-refractivity contribution in [2.45, 2.75) is 37.8 Å². The molecule has 7 heteroatoms. The normalized spacial score (nSPS) is 21.6. The number of carbonyl (C=O) groups excluding carboxylic acids is 1. The third-order valence-electron chi connectivity index (χ3n) is 3.59. The van der Waals surface area contributed by atoms with Gasteiger partial charge < -0.3 is 21.5 Å². The summed E-state index contributed by atoms with van der Waals surface area (Å²) in [6, 6.07) is 4.21. The van der Waals surface area contributed by atoms with Gasteiger partial charge in [0.15, 0.2) is 0 Å². The van der Waals surface area contributed by atoms with E-state index in [4.69, 9.17) is 10.8 Å². The Hall–Kier alpha value is -1.60. The number of hydrogen-bond acceptors (Lipinski definition) is 3. The molecule has 21 heavy (non-hydrogen) atoms. The van der Waals surface area contributed by atoms with Gasteiger partial charge in [0, 0.05) is 22.2 Å². The molecule has 2 rings (SSSR count). The SMILES string of the molecule is NC1CCCCC1NC(=O)Nc1ccc(Br)c(C(=O)O)c1. The highest BCUT2D eigenvalue weighted by Crippen LogP contribution is 2.21. The molecule has 0 aromatic heterocycles. The Balaban J connectivity index is 1.99. The molecule has 0 spiro atoms. The number of hydrogen-bond donors (Lipinski definition) is 4. The number of benzene rings is 1. The van der Waals surface area contributed by atoms with Crippen molar-refractivity contribution in [2.75, 3.05) is 5.32 Å². The molecule has 0 heterocycles. The molecule has 1 saturated carbocycles. The van der Waals surface area contributed by atoms with E-state index < -0.39 is 5.97 Å². The number of halogens is 1. The summed E-state index contributed by atoms with van der Waals surface area (Å²) < 4.78 is 0.468. The quantitative estimate of drug-likeness (QED) is 0.668. The molecule has 0 radical (unpaired) electrons. The molecular weight excluding hydrogens is 338 g/mol. The standard InChI is InChI=1S/C14H18BrN3O3/c15-10-6-5-8(7-9(10)13(19)20)17-14(21)18-12-4-2-1-3-11(12)16/h5-7,11-12H,1-4,16H2,(H,19,20)(H2,17,18,21). The van der Waals surface area contributed by atoms with Crippen LogP contribution in [0, 0.1) is 0 Å². The number of carboxylic acids is 1. The summed E-state index contributed by atoms with van der Waals surface area (Å²) in [6.45, 7) is 0. The van der Waals surface area contributed by atoms with Gasteiger partial charge in [-0.1, -0.05) is 12.8 Å². The summed E-state index contributed by atoms with van der Waals surface area (Å²) in [7, 11) is 0. The molecule has 1 aliphatic carbocycles. The van der Waals surface area contributed by atoms with Crippen molar-refractivity contribution in [3.63, 3.8) is 0 Å². The Morgan fingerprint density at radius 1 is 1.29 bits per heavy atom. The highest BCUT2D eigenvalue weighted by molar-refractivity contribution is 9.10. The fraction of sp³-hybridized carbons (Fsp3) is 0.429. The monoisotopic (exact) mass is 355 g/mol. The van der Waals surface area contributed by atoms with Crippen molar-refractivity contribution in [3.05, 3.63) is 28.2 Å². The second-order valence-electron chi connectivity index (χ2n) is 5.15. The molecule has 1 fully saturated rings. The Kier molecular flexibility index (Phi) is 5.19. The van der Waals surface area contributed by atoms with E-state index in [2.05, 4.69) is 26.6 Å². The first-order chi connectivity index (χ1) is 9.97. The van der Waals surface area contributed by atoms with Crippen molar-refractivity contribution in [2.24, 2.45) is 5.73 Å². The van der Waals surface area contributed by atoms with E-state index in [0.29, 0.717) is 10.2 Å². The lowest BCUT2D eigenvalue weighted by Gasteiger charge is -2.29. The minimum Gasteiger partial charge on any atom is -0.478 e. The number of aromatic carboxylic acids is 1. The smallest absolute Gasteiger partial charge is 0.336 e. The summed E-state index contributed by atoms with van der Waals surface area (Å²) in [5.41, 5.74) is 6.51. The van der Waals surface area contributed by atoms with Crippen LogP contribution < -0.4 is 16.4 Å². The van der Waals surface area contributed by atoms with Crippen molar-refractivity contribution in [3.8, 4) is 0 Å². The molecule has 2 amide bonds. The number of anilines is 1. The molecule has 6 nitrogen and oxygen atoms in total. The number of amides is 2. The topological polar surface area (TPSA) is 104 Å². The van der Waals surface area contributed by atoms with Gasteiger partial charge in [-0.05, 0) is 47.0 Å². The van der Waals surface area contributed by atoms with E-state index in [-0.39, 0.29) is 23.7 Å². The molecule has 2 atom stereocenters. The van der Waals surface area contributed by atoms with Gasteiger partial charge in [-0.15, -0.1) is 0 Å². The van der Waals surface area contributed by atoms with Crippen LogP contribution in [0.15, 0.2) is 22.7 Å². The van der Waals surface area contributed by atoms with Gasteiger partial charge in [0.2, 0.25) is 0 Å². The van der Waals surface area contributed by atoms with Gasteiger partial charge in [-0.3, -0.25) is 0 Å². The van der Waals surface area contributed by atoms with Crippen LogP contribution in [-0.4, -0.2) is 29.2 Å². The first kappa shape index (κ1) is 15.8. The van der Waals surface area contributed by atoms with E-state index in [1.165, 1.54) is 6.07 Å². The van der Waals surface area contributed by atoms with Crippen LogP contribution in [0.1, 0.15) is 36.0 Å². The van der Waals surface area contributed by atoms with E-state index >= 15 is 0 Å². The summed E-state index contributed by atoms with van der Waals surface area (Å²) >= 11 is 3.16. The first-order valence-electron chi connectivity index (χ1n) is 6.83. The van der Waals surface area contributed by atoms with E-state index in [0.717, 1.165) is 25.7 Å². The number of carboxylic acid groups (broad SMARTS) is 1. The van der Waals surface area contributed by atoms with Crippen LogP contribution >= 0.6 is 15.9 Å². The summed E-state index contributed by atoms with van der Waals surface area (Å²) in [6.07, 6.45) is 3.93. The lowest BCUT2D eigenvalue weighted by molar-refractivity contribution is 0.0696. The van der Waals surface area contributed by atoms with Crippen LogP contribution in [0.25, 0.3) is 0 Å². The van der Waals surface area contributed by atoms with Gasteiger partial charge in [0.05, 0.1) is 5.56 Å². The van der Waals surface area contributed by atoms with Crippen molar-refractivity contribution >= 4 is 33.6 Å². The maximum Gasteiger partial charge on any atom is 0.336 e. The number of nitrogens with two attached hydrogens (primary N) is 1. The van der Waals surface area contributed by atoms with Crippen LogP contribution in [0.4, 0.5) is 10.5 Å². The zero-order valence-corrected chi connectivity index (χ0v) is 13.0. The summed E-state index contributed by atoms with van der Waals surface area (Å²) in [4.78, 5) is 23.0. The predicted molar refractivity (Wildman–Crippen MR) is 83.5 cm³/mol. The Morgan fingerprint density at radius 3 is 2.67 bits per heavy atom. The van der Waals surface area contributed by atoms with E-state index in [1.54, 1.807) is 12.1 Å². The molecule has 114 valence electrons. The number of urea groups is 1. The van der Waals surface area contributed by atoms with Gasteiger partial charge in [-0.2, -0.15) is 0 Å². The lowest BCUT2D eigenvalue weighted by atomic mass is 9.91. The lowest BCUT2D eigenvalue weighted by Crippen LogP contribution is -2.50. The third-order valence-corrected chi connectivity index (χ3v) is 4.28. The highest BCUT2D eigenvalue weighted by Gasteiger charge is 2.23. The van der Waals surface area contributed by atoms with Crippen molar-refractivity contribution in [1.29, 1.82) is 0 Å². The number of nitrogens with one attached hydrogen (secondary N) is 2. The molecule has 2 unspecified atom stereocenters. The van der Waals surface area contributed by atoms with Gasteiger partial charge in [0.1, 0.15) is 0 Å². The molecule has 0 saturated heterocycles. The largest absolute Gasteiger partial charge is 0.478 e. The van der Waals surface area contributed by atoms with Crippen LogP contribution in [0.3, 0.4) is 0 Å². The molecule has 5 N–H and O–H groups in total. The fourth-order valence-electron chi connectivity index (χ4n) is 2.44. The zero-order valence-electron chi connectivity index (χ0n) is 11.4. The second-order valence-corrected chi connectivity index (χ2v) is 6.01. The Morgan fingerprint density at radius 2 is 2.00 bits per heavy atom.